The minimum absolute atomic E-state index is 0.419. The lowest BCUT2D eigenvalue weighted by Gasteiger charge is -2.03. The van der Waals surface area contributed by atoms with Gasteiger partial charge in [0.1, 0.15) is 16.9 Å². The van der Waals surface area contributed by atoms with Gasteiger partial charge in [0.15, 0.2) is 11.5 Å². The van der Waals surface area contributed by atoms with E-state index >= 15 is 0 Å². The number of nitrogens with zero attached hydrogens (tertiary/aromatic N) is 6. The van der Waals surface area contributed by atoms with Gasteiger partial charge in [0.05, 0.1) is 12.5 Å². The number of aromatic nitrogens is 6. The SMILES string of the molecule is Nc1ncnc2c1ncn2CCCSc1cnccn1. The molecule has 0 spiro atoms. The second-order valence-corrected chi connectivity index (χ2v) is 5.23. The molecule has 0 saturated heterocycles. The largest absolute Gasteiger partial charge is 0.382 e. The van der Waals surface area contributed by atoms with E-state index in [2.05, 4.69) is 24.9 Å². The van der Waals surface area contributed by atoms with Crippen molar-refractivity contribution in [3.8, 4) is 0 Å². The third-order valence-electron chi connectivity index (χ3n) is 2.76. The van der Waals surface area contributed by atoms with Gasteiger partial charge in [-0.25, -0.2) is 19.9 Å². The van der Waals surface area contributed by atoms with Crippen molar-refractivity contribution in [1.82, 2.24) is 29.5 Å². The number of rotatable bonds is 5. The van der Waals surface area contributed by atoms with Crippen molar-refractivity contribution in [2.24, 2.45) is 0 Å². The molecule has 7 nitrogen and oxygen atoms in total. The standard InChI is InChI=1S/C12H13N7S/c13-11-10-12(17-7-16-11)19(8-18-10)4-1-5-20-9-6-14-2-3-15-9/h2-3,6-8H,1,4-5H2,(H2,13,16,17). The molecule has 0 amide bonds. The summed E-state index contributed by atoms with van der Waals surface area (Å²) < 4.78 is 1.99. The normalized spacial score (nSPS) is 11.0. The summed E-state index contributed by atoms with van der Waals surface area (Å²) in [6.45, 7) is 0.834. The van der Waals surface area contributed by atoms with E-state index in [1.807, 2.05) is 4.57 Å². The fourth-order valence-electron chi connectivity index (χ4n) is 1.83. The number of hydrogen-bond acceptors (Lipinski definition) is 7. The highest BCUT2D eigenvalue weighted by Gasteiger charge is 2.07. The van der Waals surface area contributed by atoms with E-state index in [4.69, 9.17) is 5.73 Å². The zero-order chi connectivity index (χ0) is 13.8. The smallest absolute Gasteiger partial charge is 0.165 e. The molecule has 0 unspecified atom stereocenters. The van der Waals surface area contributed by atoms with E-state index in [-0.39, 0.29) is 0 Å². The van der Waals surface area contributed by atoms with E-state index in [1.165, 1.54) is 6.33 Å². The molecule has 0 aliphatic rings. The predicted molar refractivity (Wildman–Crippen MR) is 77.1 cm³/mol. The summed E-state index contributed by atoms with van der Waals surface area (Å²) in [4.78, 5) is 20.6. The van der Waals surface area contributed by atoms with Gasteiger partial charge < -0.3 is 10.3 Å². The van der Waals surface area contributed by atoms with Crippen molar-refractivity contribution in [3.63, 3.8) is 0 Å². The number of thioether (sulfide) groups is 1. The summed E-state index contributed by atoms with van der Waals surface area (Å²) in [5.74, 6) is 1.38. The van der Waals surface area contributed by atoms with Crippen LogP contribution in [0.1, 0.15) is 6.42 Å². The number of anilines is 1. The lowest BCUT2D eigenvalue weighted by Crippen LogP contribution is -2.00. The second kappa shape index (κ2) is 5.83. The van der Waals surface area contributed by atoms with Crippen LogP contribution in [0.2, 0.25) is 0 Å². The van der Waals surface area contributed by atoms with Crippen LogP contribution in [0.4, 0.5) is 5.82 Å². The van der Waals surface area contributed by atoms with Gasteiger partial charge in [0.25, 0.3) is 0 Å². The summed E-state index contributed by atoms with van der Waals surface area (Å²) >= 11 is 1.69. The zero-order valence-corrected chi connectivity index (χ0v) is 11.5. The lowest BCUT2D eigenvalue weighted by atomic mass is 10.4. The number of nitrogens with two attached hydrogens (primary N) is 1. The number of nitrogen functional groups attached to an aromatic ring is 1. The first-order valence-electron chi connectivity index (χ1n) is 6.15. The van der Waals surface area contributed by atoms with Crippen LogP contribution in [0.25, 0.3) is 11.2 Å². The van der Waals surface area contributed by atoms with Crippen molar-refractivity contribution in [2.45, 2.75) is 18.0 Å². The topological polar surface area (TPSA) is 95.4 Å². The minimum Gasteiger partial charge on any atom is -0.382 e. The van der Waals surface area contributed by atoms with Crippen molar-refractivity contribution in [3.05, 3.63) is 31.2 Å². The first kappa shape index (κ1) is 12.8. The van der Waals surface area contributed by atoms with Crippen LogP contribution < -0.4 is 5.73 Å². The van der Waals surface area contributed by atoms with Gasteiger partial charge in [-0.1, -0.05) is 0 Å². The maximum Gasteiger partial charge on any atom is 0.165 e. The first-order valence-corrected chi connectivity index (χ1v) is 7.13. The Kier molecular flexibility index (Phi) is 3.73. The molecule has 3 aromatic heterocycles. The number of imidazole rings is 1. The van der Waals surface area contributed by atoms with Crippen LogP contribution >= 0.6 is 11.8 Å². The Balaban J connectivity index is 1.59. The molecule has 0 fully saturated rings. The average Bonchev–Trinajstić information content (AvgIpc) is 2.90. The molecule has 3 rings (SSSR count). The van der Waals surface area contributed by atoms with E-state index < -0.39 is 0 Å². The number of hydrogen-bond donors (Lipinski definition) is 1. The third-order valence-corrected chi connectivity index (χ3v) is 3.76. The predicted octanol–water partition coefficient (Wildman–Crippen LogP) is 1.38. The van der Waals surface area contributed by atoms with Gasteiger partial charge in [-0.05, 0) is 6.42 Å². The molecule has 2 N–H and O–H groups in total. The van der Waals surface area contributed by atoms with Crippen LogP contribution in [0, 0.1) is 0 Å². The molecule has 0 atom stereocenters. The van der Waals surface area contributed by atoms with E-state index in [0.717, 1.165) is 29.4 Å². The van der Waals surface area contributed by atoms with Crippen molar-refractivity contribution < 1.29 is 0 Å². The zero-order valence-electron chi connectivity index (χ0n) is 10.7. The molecule has 102 valence electrons. The molecule has 0 aliphatic heterocycles. The van der Waals surface area contributed by atoms with Crippen LogP contribution in [0.5, 0.6) is 0 Å². The number of fused-ring (bicyclic) bond motifs is 1. The van der Waals surface area contributed by atoms with Crippen LogP contribution in [0.15, 0.2) is 36.3 Å². The van der Waals surface area contributed by atoms with Crippen molar-refractivity contribution >= 4 is 28.7 Å². The average molecular weight is 287 g/mol. The molecule has 0 aromatic carbocycles. The number of aryl methyl sites for hydroxylation is 1. The summed E-state index contributed by atoms with van der Waals surface area (Å²) in [6, 6.07) is 0. The molecule has 3 aromatic rings. The molecular formula is C12H13N7S. The maximum atomic E-state index is 5.75. The molecule has 0 aliphatic carbocycles. The molecule has 0 saturated carbocycles. The Morgan fingerprint density at radius 3 is 2.95 bits per heavy atom. The highest BCUT2D eigenvalue weighted by atomic mass is 32.2. The van der Waals surface area contributed by atoms with Crippen LogP contribution in [-0.4, -0.2) is 35.2 Å². The van der Waals surface area contributed by atoms with Gasteiger partial charge in [-0.3, -0.25) is 4.98 Å². The lowest BCUT2D eigenvalue weighted by molar-refractivity contribution is 0.696. The van der Waals surface area contributed by atoms with Crippen LogP contribution in [-0.2, 0) is 6.54 Å². The van der Waals surface area contributed by atoms with E-state index in [1.54, 1.807) is 36.7 Å². The summed E-state index contributed by atoms with van der Waals surface area (Å²) in [7, 11) is 0. The summed E-state index contributed by atoms with van der Waals surface area (Å²) in [6.07, 6.45) is 9.34. The maximum absolute atomic E-state index is 5.75. The summed E-state index contributed by atoms with van der Waals surface area (Å²) in [5, 5.41) is 0.939. The monoisotopic (exact) mass is 287 g/mol. The Bertz CT molecular complexity index is 697. The van der Waals surface area contributed by atoms with E-state index in [9.17, 15) is 0 Å². The van der Waals surface area contributed by atoms with Gasteiger partial charge >= 0.3 is 0 Å². The van der Waals surface area contributed by atoms with Crippen molar-refractivity contribution in [2.75, 3.05) is 11.5 Å². The van der Waals surface area contributed by atoms with Gasteiger partial charge in [0, 0.05) is 24.7 Å². The van der Waals surface area contributed by atoms with Gasteiger partial charge in [-0.2, -0.15) is 0 Å². The molecule has 8 heteroatoms. The fraction of sp³-hybridized carbons (Fsp3) is 0.250. The third kappa shape index (κ3) is 2.69. The molecule has 20 heavy (non-hydrogen) atoms. The Labute approximate surface area is 119 Å². The highest BCUT2D eigenvalue weighted by Crippen LogP contribution is 2.17. The molecule has 3 heterocycles. The quantitative estimate of drug-likeness (QED) is 0.559. The molecular weight excluding hydrogens is 274 g/mol. The van der Waals surface area contributed by atoms with Crippen LogP contribution in [0.3, 0.4) is 0 Å². The summed E-state index contributed by atoms with van der Waals surface area (Å²) in [5.41, 5.74) is 7.19. The Morgan fingerprint density at radius 2 is 2.10 bits per heavy atom. The van der Waals surface area contributed by atoms with Crippen molar-refractivity contribution in [1.29, 1.82) is 0 Å². The van der Waals surface area contributed by atoms with Gasteiger partial charge in [-0.15, -0.1) is 11.8 Å². The van der Waals surface area contributed by atoms with Gasteiger partial charge in [0.2, 0.25) is 0 Å². The Morgan fingerprint density at radius 1 is 1.15 bits per heavy atom. The molecule has 0 radical (unpaired) electrons. The molecule has 0 bridgehead atoms. The fourth-order valence-corrected chi connectivity index (χ4v) is 2.59. The van der Waals surface area contributed by atoms with E-state index in [0.29, 0.717) is 11.3 Å². The second-order valence-electron chi connectivity index (χ2n) is 4.11. The highest BCUT2D eigenvalue weighted by molar-refractivity contribution is 7.99. The first-order chi connectivity index (χ1) is 9.84. The minimum atomic E-state index is 0.419. The Hall–Kier alpha value is -2.22.